The number of esters is 1. The number of hydrogen-bond donors (Lipinski definition) is 1. The van der Waals surface area contributed by atoms with Crippen LogP contribution in [-0.4, -0.2) is 67.5 Å². The third-order valence-corrected chi connectivity index (χ3v) is 6.24. The summed E-state index contributed by atoms with van der Waals surface area (Å²) in [5.74, 6) is 0.489. The fourth-order valence-corrected chi connectivity index (χ4v) is 4.65. The molecular weight excluding hydrogens is 386 g/mol. The molecule has 1 aliphatic carbocycles. The predicted octanol–water partition coefficient (Wildman–Crippen LogP) is 2.97. The zero-order chi connectivity index (χ0) is 21.6. The number of morpholine rings is 1. The Hall–Kier alpha value is -1.64. The lowest BCUT2D eigenvalue weighted by Gasteiger charge is -2.46. The number of aromatic nitrogens is 2. The topological polar surface area (TPSA) is 83.8 Å². The van der Waals surface area contributed by atoms with E-state index in [1.54, 1.807) is 20.2 Å². The molecule has 0 bridgehead atoms. The van der Waals surface area contributed by atoms with Gasteiger partial charge in [-0.15, -0.1) is 5.10 Å². The molecule has 2 aliphatic rings. The minimum Gasteiger partial charge on any atom is -0.476 e. The summed E-state index contributed by atoms with van der Waals surface area (Å²) in [6.45, 7) is 9.36. The Balaban J connectivity index is 1.64. The summed E-state index contributed by atoms with van der Waals surface area (Å²) in [7, 11) is 1.66. The van der Waals surface area contributed by atoms with Crippen LogP contribution in [0.15, 0.2) is 6.20 Å². The minimum atomic E-state index is -0.387. The fourth-order valence-electron chi connectivity index (χ4n) is 4.65. The predicted molar refractivity (Wildman–Crippen MR) is 113 cm³/mol. The molecule has 8 heteroatoms. The third kappa shape index (κ3) is 5.53. The van der Waals surface area contributed by atoms with Gasteiger partial charge in [0.2, 0.25) is 5.88 Å². The molecule has 2 heterocycles. The first-order valence-electron chi connectivity index (χ1n) is 11.2. The van der Waals surface area contributed by atoms with Gasteiger partial charge < -0.3 is 24.3 Å². The van der Waals surface area contributed by atoms with Crippen LogP contribution >= 0.6 is 0 Å². The molecule has 170 valence electrons. The maximum Gasteiger partial charge on any atom is 0.345 e. The first-order chi connectivity index (χ1) is 14.5. The summed E-state index contributed by atoms with van der Waals surface area (Å²) in [5, 5.41) is 8.12. The largest absolute Gasteiger partial charge is 0.476 e. The lowest BCUT2D eigenvalue weighted by Crippen LogP contribution is -2.55. The van der Waals surface area contributed by atoms with Crippen molar-refractivity contribution in [1.29, 1.82) is 0 Å². The Morgan fingerprint density at radius 1 is 1.33 bits per heavy atom. The third-order valence-electron chi connectivity index (χ3n) is 6.24. The molecular formula is C22H37N3O5. The van der Waals surface area contributed by atoms with Crippen LogP contribution in [-0.2, 0) is 14.2 Å². The van der Waals surface area contributed by atoms with Crippen molar-refractivity contribution in [2.75, 3.05) is 40.0 Å². The fraction of sp³-hybridized carbons (Fsp3) is 0.818. The molecule has 1 aromatic heterocycles. The van der Waals surface area contributed by atoms with Crippen molar-refractivity contribution in [2.45, 2.75) is 70.6 Å². The molecule has 0 unspecified atom stereocenters. The average molecular weight is 424 g/mol. The molecule has 2 atom stereocenters. The van der Waals surface area contributed by atoms with E-state index >= 15 is 0 Å². The summed E-state index contributed by atoms with van der Waals surface area (Å²) in [4.78, 5) is 12.4. The van der Waals surface area contributed by atoms with E-state index in [0.717, 1.165) is 45.2 Å². The van der Waals surface area contributed by atoms with Crippen molar-refractivity contribution < 1.29 is 23.7 Å². The lowest BCUT2D eigenvalue weighted by atomic mass is 9.75. The molecule has 3 rings (SSSR count). The van der Waals surface area contributed by atoms with Gasteiger partial charge in [0.15, 0.2) is 0 Å². The Morgan fingerprint density at radius 3 is 2.77 bits per heavy atom. The zero-order valence-electron chi connectivity index (χ0n) is 18.8. The van der Waals surface area contributed by atoms with Gasteiger partial charge in [-0.25, -0.2) is 4.79 Å². The van der Waals surface area contributed by atoms with Crippen molar-refractivity contribution in [3.63, 3.8) is 0 Å². The van der Waals surface area contributed by atoms with E-state index in [-0.39, 0.29) is 23.7 Å². The van der Waals surface area contributed by atoms with E-state index in [1.807, 2.05) is 4.68 Å². The number of rotatable bonds is 9. The molecule has 8 nitrogen and oxygen atoms in total. The molecule has 1 aromatic rings. The van der Waals surface area contributed by atoms with Crippen LogP contribution in [0, 0.1) is 5.92 Å². The first kappa shape index (κ1) is 23.0. The second-order valence-electron chi connectivity index (χ2n) is 8.62. The van der Waals surface area contributed by atoms with Gasteiger partial charge in [0.05, 0.1) is 31.0 Å². The average Bonchev–Trinajstić information content (AvgIpc) is 3.16. The van der Waals surface area contributed by atoms with Gasteiger partial charge in [-0.1, -0.05) is 0 Å². The van der Waals surface area contributed by atoms with E-state index in [9.17, 15) is 4.79 Å². The zero-order valence-corrected chi connectivity index (χ0v) is 18.8. The first-order valence-corrected chi connectivity index (χ1v) is 11.2. The van der Waals surface area contributed by atoms with Gasteiger partial charge in [0.25, 0.3) is 0 Å². The molecule has 30 heavy (non-hydrogen) atoms. The Kier molecular flexibility index (Phi) is 8.13. The number of nitrogens with zero attached hydrogens (tertiary/aromatic N) is 2. The van der Waals surface area contributed by atoms with Crippen molar-refractivity contribution >= 4 is 5.97 Å². The van der Waals surface area contributed by atoms with Crippen molar-refractivity contribution in [1.82, 2.24) is 15.1 Å². The van der Waals surface area contributed by atoms with Crippen molar-refractivity contribution in [2.24, 2.45) is 5.92 Å². The minimum absolute atomic E-state index is 0.113. The molecule has 1 N–H and O–H groups in total. The second-order valence-corrected chi connectivity index (χ2v) is 8.62. The van der Waals surface area contributed by atoms with E-state index < -0.39 is 0 Å². The Bertz CT molecular complexity index is 686. The summed E-state index contributed by atoms with van der Waals surface area (Å²) in [6, 6.07) is 0.253. The molecule has 1 aliphatic heterocycles. The van der Waals surface area contributed by atoms with Crippen LogP contribution in [0.5, 0.6) is 5.88 Å². The van der Waals surface area contributed by atoms with Crippen molar-refractivity contribution in [3.05, 3.63) is 11.8 Å². The number of ether oxygens (including phenoxy) is 4. The van der Waals surface area contributed by atoms with Crippen molar-refractivity contribution in [3.8, 4) is 5.88 Å². The van der Waals surface area contributed by atoms with Gasteiger partial charge in [-0.2, -0.15) is 0 Å². The highest BCUT2D eigenvalue weighted by Gasteiger charge is 2.41. The van der Waals surface area contributed by atoms with Gasteiger partial charge in [0, 0.05) is 39.4 Å². The van der Waals surface area contributed by atoms with Crippen LogP contribution in [0.4, 0.5) is 0 Å². The quantitative estimate of drug-likeness (QED) is 0.483. The maximum absolute atomic E-state index is 12.4. The van der Waals surface area contributed by atoms with Gasteiger partial charge in [-0.3, -0.25) is 4.68 Å². The molecule has 0 amide bonds. The number of carbonyl (C=O) groups excluding carboxylic acids is 1. The monoisotopic (exact) mass is 423 g/mol. The number of nitrogens with one attached hydrogen (secondary N) is 1. The van der Waals surface area contributed by atoms with Crippen LogP contribution < -0.4 is 10.1 Å². The maximum atomic E-state index is 12.4. The van der Waals surface area contributed by atoms with Gasteiger partial charge in [0.1, 0.15) is 5.56 Å². The normalized spacial score (nSPS) is 29.5. The Morgan fingerprint density at radius 2 is 2.10 bits per heavy atom. The van der Waals surface area contributed by atoms with Crippen LogP contribution in [0.1, 0.15) is 69.3 Å². The van der Waals surface area contributed by atoms with Crippen LogP contribution in [0.3, 0.4) is 0 Å². The van der Waals surface area contributed by atoms with E-state index in [4.69, 9.17) is 18.9 Å². The summed E-state index contributed by atoms with van der Waals surface area (Å²) < 4.78 is 24.3. The van der Waals surface area contributed by atoms with Gasteiger partial charge >= 0.3 is 5.97 Å². The van der Waals surface area contributed by atoms with E-state index in [1.165, 1.54) is 0 Å². The highest BCUT2D eigenvalue weighted by Crippen LogP contribution is 2.40. The highest BCUT2D eigenvalue weighted by molar-refractivity contribution is 5.91. The smallest absolute Gasteiger partial charge is 0.345 e. The number of hydrogen-bond acceptors (Lipinski definition) is 7. The lowest BCUT2D eigenvalue weighted by molar-refractivity contribution is -0.138. The number of carbonyl (C=O) groups is 1. The molecule has 1 saturated heterocycles. The van der Waals surface area contributed by atoms with E-state index in [2.05, 4.69) is 24.3 Å². The standard InChI is InChI=1S/C22H37N3O5/c1-5-28-21(26)19-14-25(24-20(19)29-12-6-11-27-4)18-9-7-17(8-10-18)22(3)15-23-13-16(2)30-22/h14,16-18,23H,5-13,15H2,1-4H3/t16-,17?,18?,22-/m1/s1. The molecule has 0 radical (unpaired) electrons. The Labute approximate surface area is 179 Å². The van der Waals surface area contributed by atoms with Gasteiger partial charge in [-0.05, 0) is 52.4 Å². The summed E-state index contributed by atoms with van der Waals surface area (Å²) in [5.41, 5.74) is 0.287. The molecule has 0 spiro atoms. The molecule has 1 saturated carbocycles. The van der Waals surface area contributed by atoms with Crippen LogP contribution in [0.2, 0.25) is 0 Å². The second kappa shape index (κ2) is 10.6. The van der Waals surface area contributed by atoms with E-state index in [0.29, 0.717) is 37.2 Å². The SMILES string of the molecule is CCOC(=O)c1cn(C2CCC([C@@]3(C)CNC[C@@H](C)O3)CC2)nc1OCCCOC. The summed E-state index contributed by atoms with van der Waals surface area (Å²) >= 11 is 0. The van der Waals surface area contributed by atoms with Crippen LogP contribution in [0.25, 0.3) is 0 Å². The molecule has 2 fully saturated rings. The molecule has 0 aromatic carbocycles. The highest BCUT2D eigenvalue weighted by atomic mass is 16.5. The summed E-state index contributed by atoms with van der Waals surface area (Å²) in [6.07, 6.45) is 6.94. The number of methoxy groups -OCH3 is 1.